The van der Waals surface area contributed by atoms with Gasteiger partial charge in [-0.3, -0.25) is 0 Å². The molecule has 1 nitrogen and oxygen atoms in total. The highest BCUT2D eigenvalue weighted by Gasteiger charge is 1.99. The van der Waals surface area contributed by atoms with Crippen LogP contribution < -0.4 is 5.32 Å². The van der Waals surface area contributed by atoms with Crippen molar-refractivity contribution >= 4 is 11.6 Å². The van der Waals surface area contributed by atoms with Crippen LogP contribution in [0, 0.1) is 5.82 Å². The van der Waals surface area contributed by atoms with E-state index < -0.39 is 0 Å². The minimum absolute atomic E-state index is 0.284. The second kappa shape index (κ2) is 4.58. The second-order valence-electron chi connectivity index (χ2n) is 3.31. The molecule has 3 heteroatoms. The van der Waals surface area contributed by atoms with E-state index >= 15 is 0 Å². The van der Waals surface area contributed by atoms with Gasteiger partial charge >= 0.3 is 0 Å². The van der Waals surface area contributed by atoms with Crippen LogP contribution in [0.2, 0.25) is 5.02 Å². The fraction of sp³-hybridized carbons (Fsp3) is 0.400. The zero-order chi connectivity index (χ0) is 9.84. The van der Waals surface area contributed by atoms with Crippen molar-refractivity contribution < 1.29 is 4.39 Å². The van der Waals surface area contributed by atoms with Gasteiger partial charge in [0, 0.05) is 17.6 Å². The summed E-state index contributed by atoms with van der Waals surface area (Å²) in [5.41, 5.74) is 0.874. The van der Waals surface area contributed by atoms with Crippen LogP contribution in [-0.4, -0.2) is 6.04 Å². The second-order valence-corrected chi connectivity index (χ2v) is 3.75. The summed E-state index contributed by atoms with van der Waals surface area (Å²) in [5.74, 6) is -0.284. The van der Waals surface area contributed by atoms with E-state index in [0.717, 1.165) is 5.56 Å². The first-order chi connectivity index (χ1) is 6.08. The van der Waals surface area contributed by atoms with Gasteiger partial charge in [0.1, 0.15) is 5.82 Å². The maximum atomic E-state index is 12.8. The van der Waals surface area contributed by atoms with Crippen LogP contribution in [0.5, 0.6) is 0 Å². The number of halogens is 2. The van der Waals surface area contributed by atoms with Crippen molar-refractivity contribution in [1.82, 2.24) is 5.32 Å². The maximum Gasteiger partial charge on any atom is 0.125 e. The summed E-state index contributed by atoms with van der Waals surface area (Å²) in [7, 11) is 0. The molecule has 0 saturated carbocycles. The summed E-state index contributed by atoms with van der Waals surface area (Å²) < 4.78 is 12.8. The van der Waals surface area contributed by atoms with Crippen molar-refractivity contribution in [2.45, 2.75) is 26.4 Å². The molecule has 1 aromatic rings. The van der Waals surface area contributed by atoms with Crippen molar-refractivity contribution in [3.63, 3.8) is 0 Å². The van der Waals surface area contributed by atoms with Gasteiger partial charge in [-0.1, -0.05) is 25.4 Å². The van der Waals surface area contributed by atoms with E-state index in [2.05, 4.69) is 5.32 Å². The number of nitrogens with one attached hydrogen (secondary N) is 1. The fourth-order valence-electron chi connectivity index (χ4n) is 1.03. The van der Waals surface area contributed by atoms with Gasteiger partial charge in [-0.25, -0.2) is 4.39 Å². The van der Waals surface area contributed by atoms with E-state index in [9.17, 15) is 4.39 Å². The average molecular weight is 202 g/mol. The molecule has 72 valence electrons. The monoisotopic (exact) mass is 201 g/mol. The largest absolute Gasteiger partial charge is 0.310 e. The zero-order valence-corrected chi connectivity index (χ0v) is 8.53. The molecule has 0 saturated heterocycles. The van der Waals surface area contributed by atoms with Gasteiger partial charge in [-0.05, 0) is 23.8 Å². The van der Waals surface area contributed by atoms with Crippen LogP contribution in [0.4, 0.5) is 4.39 Å². The Bertz CT molecular complexity index is 266. The average Bonchev–Trinajstić information content (AvgIpc) is 1.99. The summed E-state index contributed by atoms with van der Waals surface area (Å²) in [6, 6.07) is 4.95. The first-order valence-corrected chi connectivity index (χ1v) is 4.64. The van der Waals surface area contributed by atoms with Crippen LogP contribution >= 0.6 is 11.6 Å². The highest BCUT2D eigenvalue weighted by atomic mass is 35.5. The van der Waals surface area contributed by atoms with Gasteiger partial charge < -0.3 is 5.32 Å². The minimum Gasteiger partial charge on any atom is -0.310 e. The van der Waals surface area contributed by atoms with Crippen LogP contribution in [0.15, 0.2) is 18.2 Å². The lowest BCUT2D eigenvalue weighted by molar-refractivity contribution is 0.581. The van der Waals surface area contributed by atoms with Gasteiger partial charge in [0.15, 0.2) is 0 Å². The quantitative estimate of drug-likeness (QED) is 0.793. The van der Waals surface area contributed by atoms with Crippen LogP contribution in [0.1, 0.15) is 19.4 Å². The minimum atomic E-state index is -0.284. The maximum absolute atomic E-state index is 12.8. The Hall–Kier alpha value is -0.600. The molecule has 1 aromatic carbocycles. The number of hydrogen-bond acceptors (Lipinski definition) is 1. The molecule has 0 aliphatic rings. The lowest BCUT2D eigenvalue weighted by Gasteiger charge is -2.08. The Morgan fingerprint density at radius 3 is 2.62 bits per heavy atom. The van der Waals surface area contributed by atoms with Crippen molar-refractivity contribution in [3.8, 4) is 0 Å². The van der Waals surface area contributed by atoms with Gasteiger partial charge in [0.2, 0.25) is 0 Å². The first-order valence-electron chi connectivity index (χ1n) is 4.26. The van der Waals surface area contributed by atoms with E-state index in [1.165, 1.54) is 12.1 Å². The molecule has 0 aliphatic heterocycles. The fourth-order valence-corrected chi connectivity index (χ4v) is 1.28. The van der Waals surface area contributed by atoms with Gasteiger partial charge in [-0.15, -0.1) is 0 Å². The summed E-state index contributed by atoms with van der Waals surface area (Å²) in [6.07, 6.45) is 0. The molecule has 1 rings (SSSR count). The topological polar surface area (TPSA) is 12.0 Å². The molecule has 0 fully saturated rings. The van der Waals surface area contributed by atoms with Crippen LogP contribution in [-0.2, 0) is 6.54 Å². The summed E-state index contributed by atoms with van der Waals surface area (Å²) in [6.45, 7) is 4.73. The molecule has 13 heavy (non-hydrogen) atoms. The summed E-state index contributed by atoms with van der Waals surface area (Å²) in [4.78, 5) is 0. The number of rotatable bonds is 3. The lowest BCUT2D eigenvalue weighted by Crippen LogP contribution is -2.21. The van der Waals surface area contributed by atoms with Crippen molar-refractivity contribution in [2.75, 3.05) is 0 Å². The number of benzene rings is 1. The highest BCUT2D eigenvalue weighted by molar-refractivity contribution is 6.30. The first kappa shape index (κ1) is 10.5. The third kappa shape index (κ3) is 3.75. The zero-order valence-electron chi connectivity index (χ0n) is 7.77. The molecule has 0 heterocycles. The molecule has 1 N–H and O–H groups in total. The lowest BCUT2D eigenvalue weighted by atomic mass is 10.2. The van der Waals surface area contributed by atoms with Crippen molar-refractivity contribution in [1.29, 1.82) is 0 Å². The Balaban J connectivity index is 2.66. The van der Waals surface area contributed by atoms with Gasteiger partial charge in [0.25, 0.3) is 0 Å². The number of hydrogen-bond donors (Lipinski definition) is 1. The molecule has 0 amide bonds. The molecule has 0 aromatic heterocycles. The molecule has 0 aliphatic carbocycles. The molecular weight excluding hydrogens is 189 g/mol. The van der Waals surface area contributed by atoms with E-state index in [-0.39, 0.29) is 5.82 Å². The third-order valence-corrected chi connectivity index (χ3v) is 1.85. The molecule has 0 spiro atoms. The van der Waals surface area contributed by atoms with E-state index in [1.807, 2.05) is 13.8 Å². The predicted molar refractivity (Wildman–Crippen MR) is 53.4 cm³/mol. The highest BCUT2D eigenvalue weighted by Crippen LogP contribution is 2.13. The van der Waals surface area contributed by atoms with E-state index in [0.29, 0.717) is 17.6 Å². The molecule has 0 unspecified atom stereocenters. The van der Waals surface area contributed by atoms with Gasteiger partial charge in [0.05, 0.1) is 0 Å². The molecular formula is C10H13ClFN. The Morgan fingerprint density at radius 1 is 1.38 bits per heavy atom. The Labute approximate surface area is 82.9 Å². The smallest absolute Gasteiger partial charge is 0.125 e. The summed E-state index contributed by atoms with van der Waals surface area (Å²) in [5, 5.41) is 3.64. The standard InChI is InChI=1S/C10H13ClFN/c1-7(2)13-6-8-3-9(11)5-10(12)4-8/h3-5,7,13H,6H2,1-2H3. The van der Waals surface area contributed by atoms with Crippen molar-refractivity contribution in [2.24, 2.45) is 0 Å². The Morgan fingerprint density at radius 2 is 2.08 bits per heavy atom. The Kier molecular flexibility index (Phi) is 3.70. The SMILES string of the molecule is CC(C)NCc1cc(F)cc(Cl)c1. The van der Waals surface area contributed by atoms with Crippen molar-refractivity contribution in [3.05, 3.63) is 34.6 Å². The third-order valence-electron chi connectivity index (χ3n) is 1.64. The molecule has 0 bridgehead atoms. The van der Waals surface area contributed by atoms with Crippen LogP contribution in [0.3, 0.4) is 0 Å². The summed E-state index contributed by atoms with van der Waals surface area (Å²) >= 11 is 5.70. The van der Waals surface area contributed by atoms with Crippen LogP contribution in [0.25, 0.3) is 0 Å². The van der Waals surface area contributed by atoms with E-state index in [1.54, 1.807) is 6.07 Å². The molecule has 0 atom stereocenters. The predicted octanol–water partition coefficient (Wildman–Crippen LogP) is 2.98. The van der Waals surface area contributed by atoms with Gasteiger partial charge in [-0.2, -0.15) is 0 Å². The normalized spacial score (nSPS) is 10.8. The molecule has 0 radical (unpaired) electrons. The van der Waals surface area contributed by atoms with E-state index in [4.69, 9.17) is 11.6 Å².